The third-order valence-electron chi connectivity index (χ3n) is 4.69. The van der Waals surface area contributed by atoms with Crippen molar-refractivity contribution < 1.29 is 17.9 Å². The van der Waals surface area contributed by atoms with Gasteiger partial charge >= 0.3 is 5.97 Å². The number of ether oxygens (including phenoxy) is 1. The van der Waals surface area contributed by atoms with Crippen LogP contribution in [0, 0.1) is 0 Å². The molecule has 0 N–H and O–H groups in total. The number of rotatable bonds is 6. The van der Waals surface area contributed by atoms with Crippen molar-refractivity contribution in [1.82, 2.24) is 9.21 Å². The highest BCUT2D eigenvalue weighted by atomic mass is 79.9. The molecule has 2 aromatic rings. The number of piperazine rings is 1. The highest BCUT2D eigenvalue weighted by Crippen LogP contribution is 2.21. The van der Waals surface area contributed by atoms with E-state index in [1.165, 1.54) is 34.1 Å². The summed E-state index contributed by atoms with van der Waals surface area (Å²) in [5.41, 5.74) is 1.53. The van der Waals surface area contributed by atoms with Crippen LogP contribution < -0.4 is 0 Å². The Morgan fingerprint density at radius 1 is 1.04 bits per heavy atom. The highest BCUT2D eigenvalue weighted by Gasteiger charge is 2.28. The predicted molar refractivity (Wildman–Crippen MR) is 111 cm³/mol. The van der Waals surface area contributed by atoms with Gasteiger partial charge in [-0.3, -0.25) is 4.90 Å². The van der Waals surface area contributed by atoms with E-state index in [4.69, 9.17) is 4.74 Å². The van der Waals surface area contributed by atoms with Crippen molar-refractivity contribution in [2.75, 3.05) is 32.8 Å². The lowest BCUT2D eigenvalue weighted by Gasteiger charge is -2.34. The highest BCUT2D eigenvalue weighted by molar-refractivity contribution is 9.10. The van der Waals surface area contributed by atoms with Crippen molar-refractivity contribution in [1.29, 1.82) is 0 Å². The molecule has 0 spiro atoms. The second-order valence-electron chi connectivity index (χ2n) is 6.52. The van der Waals surface area contributed by atoms with E-state index in [2.05, 4.69) is 26.9 Å². The minimum Gasteiger partial charge on any atom is -0.462 e. The molecule has 0 aliphatic carbocycles. The molecule has 2 aromatic carbocycles. The minimum absolute atomic E-state index is 0.194. The maximum absolute atomic E-state index is 12.9. The zero-order valence-corrected chi connectivity index (χ0v) is 18.1. The van der Waals surface area contributed by atoms with Crippen molar-refractivity contribution in [3.8, 4) is 0 Å². The summed E-state index contributed by atoms with van der Waals surface area (Å²) in [6.45, 7) is 5.00. The van der Waals surface area contributed by atoms with Crippen LogP contribution in [-0.2, 0) is 21.3 Å². The number of hydrogen-bond donors (Lipinski definition) is 0. The van der Waals surface area contributed by atoms with E-state index in [9.17, 15) is 13.2 Å². The Hall–Kier alpha value is -1.74. The fourth-order valence-electron chi connectivity index (χ4n) is 3.12. The van der Waals surface area contributed by atoms with E-state index in [0.29, 0.717) is 31.7 Å². The lowest BCUT2D eigenvalue weighted by molar-refractivity contribution is 0.0526. The van der Waals surface area contributed by atoms with Crippen molar-refractivity contribution in [2.45, 2.75) is 18.4 Å². The number of hydrogen-bond acceptors (Lipinski definition) is 5. The van der Waals surface area contributed by atoms with Gasteiger partial charge in [-0.25, -0.2) is 13.2 Å². The number of benzene rings is 2. The van der Waals surface area contributed by atoms with Gasteiger partial charge in [-0.2, -0.15) is 4.31 Å². The van der Waals surface area contributed by atoms with E-state index >= 15 is 0 Å². The van der Waals surface area contributed by atoms with E-state index < -0.39 is 16.0 Å². The topological polar surface area (TPSA) is 66.9 Å². The van der Waals surface area contributed by atoms with Crippen molar-refractivity contribution in [2.24, 2.45) is 0 Å². The maximum atomic E-state index is 12.9. The van der Waals surface area contributed by atoms with Gasteiger partial charge in [-0.15, -0.1) is 0 Å². The fraction of sp³-hybridized carbons (Fsp3) is 0.350. The first-order chi connectivity index (χ1) is 13.4. The first kappa shape index (κ1) is 21.0. The Morgan fingerprint density at radius 2 is 1.68 bits per heavy atom. The van der Waals surface area contributed by atoms with Crippen LogP contribution in [0.1, 0.15) is 22.8 Å². The lowest BCUT2D eigenvalue weighted by atomic mass is 10.2. The van der Waals surface area contributed by atoms with Crippen LogP contribution in [0.15, 0.2) is 57.9 Å². The average Bonchev–Trinajstić information content (AvgIpc) is 2.70. The Labute approximate surface area is 174 Å². The van der Waals surface area contributed by atoms with E-state index in [-0.39, 0.29) is 11.5 Å². The van der Waals surface area contributed by atoms with Crippen LogP contribution in [0.3, 0.4) is 0 Å². The molecule has 1 heterocycles. The second kappa shape index (κ2) is 9.17. The Kier molecular flexibility index (Phi) is 6.87. The first-order valence-corrected chi connectivity index (χ1v) is 11.4. The summed E-state index contributed by atoms with van der Waals surface area (Å²) in [6, 6.07) is 14.0. The quantitative estimate of drug-likeness (QED) is 0.611. The van der Waals surface area contributed by atoms with Gasteiger partial charge < -0.3 is 4.74 Å². The van der Waals surface area contributed by atoms with E-state index in [1.54, 1.807) is 6.92 Å². The summed E-state index contributed by atoms with van der Waals surface area (Å²) in [5.74, 6) is -0.452. The summed E-state index contributed by atoms with van der Waals surface area (Å²) in [6.07, 6.45) is 0. The molecule has 6 nitrogen and oxygen atoms in total. The Balaban J connectivity index is 1.63. The van der Waals surface area contributed by atoms with Crippen LogP contribution in [0.4, 0.5) is 0 Å². The van der Waals surface area contributed by atoms with Gasteiger partial charge in [0.1, 0.15) is 0 Å². The van der Waals surface area contributed by atoms with Crippen LogP contribution >= 0.6 is 15.9 Å². The van der Waals surface area contributed by atoms with Crippen molar-refractivity contribution >= 4 is 31.9 Å². The van der Waals surface area contributed by atoms with Gasteiger partial charge in [0.2, 0.25) is 10.0 Å². The molecule has 1 aliphatic heterocycles. The molecule has 1 aliphatic rings. The molecule has 3 rings (SSSR count). The molecular formula is C20H23BrN2O4S. The Morgan fingerprint density at radius 3 is 2.29 bits per heavy atom. The number of carbonyl (C=O) groups is 1. The number of esters is 1. The molecule has 1 fully saturated rings. The third-order valence-corrected chi connectivity index (χ3v) is 7.37. The summed E-state index contributed by atoms with van der Waals surface area (Å²) >= 11 is 3.56. The molecule has 28 heavy (non-hydrogen) atoms. The minimum atomic E-state index is -3.58. The number of nitrogens with zero attached hydrogens (tertiary/aromatic N) is 2. The summed E-state index contributed by atoms with van der Waals surface area (Å²) < 4.78 is 33.3. The van der Waals surface area contributed by atoms with Crippen LogP contribution in [0.25, 0.3) is 0 Å². The SMILES string of the molecule is CCOC(=O)c1ccc(S(=O)(=O)N2CCN(Cc3ccccc3Br)CC2)cc1. The van der Waals surface area contributed by atoms with Gasteiger partial charge in [0.05, 0.1) is 17.1 Å². The van der Waals surface area contributed by atoms with E-state index in [0.717, 1.165) is 11.0 Å². The molecule has 0 aromatic heterocycles. The molecule has 0 bridgehead atoms. The van der Waals surface area contributed by atoms with Crippen LogP contribution in [-0.4, -0.2) is 56.4 Å². The van der Waals surface area contributed by atoms with Crippen LogP contribution in [0.5, 0.6) is 0 Å². The molecule has 0 saturated carbocycles. The van der Waals surface area contributed by atoms with Gasteiger partial charge in [0.15, 0.2) is 0 Å². The number of halogens is 1. The summed E-state index contributed by atoms with van der Waals surface area (Å²) in [7, 11) is -3.58. The number of carbonyl (C=O) groups excluding carboxylic acids is 1. The molecule has 8 heteroatoms. The number of sulfonamides is 1. The Bertz CT molecular complexity index is 923. The second-order valence-corrected chi connectivity index (χ2v) is 9.31. The first-order valence-electron chi connectivity index (χ1n) is 9.15. The monoisotopic (exact) mass is 466 g/mol. The predicted octanol–water partition coefficient (Wildman–Crippen LogP) is 3.13. The normalized spacial score (nSPS) is 16.1. The molecule has 0 unspecified atom stereocenters. The molecule has 0 radical (unpaired) electrons. The standard InChI is InChI=1S/C20H23BrN2O4S/c1-2-27-20(24)16-7-9-18(10-8-16)28(25,26)23-13-11-22(12-14-23)15-17-5-3-4-6-19(17)21/h3-10H,2,11-15H2,1H3. The molecule has 1 saturated heterocycles. The van der Waals surface area contributed by atoms with Crippen molar-refractivity contribution in [3.63, 3.8) is 0 Å². The van der Waals surface area contributed by atoms with Gasteiger partial charge in [-0.1, -0.05) is 34.1 Å². The average molecular weight is 467 g/mol. The van der Waals surface area contributed by atoms with Gasteiger partial charge in [0.25, 0.3) is 0 Å². The molecule has 0 amide bonds. The largest absolute Gasteiger partial charge is 0.462 e. The lowest BCUT2D eigenvalue weighted by Crippen LogP contribution is -2.48. The van der Waals surface area contributed by atoms with Gasteiger partial charge in [-0.05, 0) is 42.8 Å². The smallest absolute Gasteiger partial charge is 0.338 e. The van der Waals surface area contributed by atoms with E-state index in [1.807, 2.05) is 18.2 Å². The zero-order chi connectivity index (χ0) is 20.1. The van der Waals surface area contributed by atoms with Gasteiger partial charge in [0, 0.05) is 37.2 Å². The van der Waals surface area contributed by atoms with Crippen LogP contribution in [0.2, 0.25) is 0 Å². The summed E-state index contributed by atoms with van der Waals surface area (Å²) in [5, 5.41) is 0. The molecular weight excluding hydrogens is 444 g/mol. The van der Waals surface area contributed by atoms with Crippen molar-refractivity contribution in [3.05, 3.63) is 64.1 Å². The maximum Gasteiger partial charge on any atom is 0.338 e. The summed E-state index contributed by atoms with van der Waals surface area (Å²) in [4.78, 5) is 14.2. The zero-order valence-electron chi connectivity index (χ0n) is 15.7. The fourth-order valence-corrected chi connectivity index (χ4v) is 4.95. The molecule has 0 atom stereocenters. The third kappa shape index (κ3) is 4.81. The molecule has 150 valence electrons.